The van der Waals surface area contributed by atoms with Crippen molar-refractivity contribution in [2.45, 2.75) is 13.0 Å². The van der Waals surface area contributed by atoms with Crippen LogP contribution in [0.2, 0.25) is 0 Å². The molecule has 0 aliphatic rings. The van der Waals surface area contributed by atoms with Gasteiger partial charge in [0.1, 0.15) is 5.82 Å². The van der Waals surface area contributed by atoms with Crippen LogP contribution >= 0.6 is 0 Å². The van der Waals surface area contributed by atoms with Gasteiger partial charge in [0.2, 0.25) is 0 Å². The third-order valence-electron chi connectivity index (χ3n) is 1.50. The van der Waals surface area contributed by atoms with Gasteiger partial charge in [-0.2, -0.15) is 0 Å². The maximum absolute atomic E-state index is 5.64. The van der Waals surface area contributed by atoms with Crippen LogP contribution in [0.3, 0.4) is 0 Å². The van der Waals surface area contributed by atoms with Crippen molar-refractivity contribution in [2.24, 2.45) is 5.73 Å². The predicted molar refractivity (Wildman–Crippen MR) is 49.0 cm³/mol. The summed E-state index contributed by atoms with van der Waals surface area (Å²) in [5.74, 6) is 0.856. The lowest BCUT2D eigenvalue weighted by atomic mass is 10.3. The van der Waals surface area contributed by atoms with Gasteiger partial charge in [-0.3, -0.25) is 4.98 Å². The molecule has 1 unspecified atom stereocenters. The fourth-order valence-electron chi connectivity index (χ4n) is 1.01. The van der Waals surface area contributed by atoms with Crippen molar-refractivity contribution in [1.29, 1.82) is 0 Å². The first-order valence-electron chi connectivity index (χ1n) is 3.93. The smallest absolute Gasteiger partial charge is 0.146 e. The van der Waals surface area contributed by atoms with Gasteiger partial charge in [0.15, 0.2) is 0 Å². The summed E-state index contributed by atoms with van der Waals surface area (Å²) in [5.41, 5.74) is 5.64. The second-order valence-electron chi connectivity index (χ2n) is 2.92. The van der Waals surface area contributed by atoms with Crippen LogP contribution < -0.4 is 10.6 Å². The average Bonchev–Trinajstić information content (AvgIpc) is 2.05. The number of nitrogens with zero attached hydrogens (tertiary/aromatic N) is 3. The van der Waals surface area contributed by atoms with Gasteiger partial charge in [-0.1, -0.05) is 0 Å². The van der Waals surface area contributed by atoms with Crippen LogP contribution in [0.5, 0.6) is 0 Å². The molecular weight excluding hydrogens is 152 g/mol. The molecule has 4 nitrogen and oxygen atoms in total. The number of rotatable bonds is 3. The molecule has 0 amide bonds. The van der Waals surface area contributed by atoms with Crippen molar-refractivity contribution in [3.05, 3.63) is 18.6 Å². The van der Waals surface area contributed by atoms with E-state index in [0.717, 1.165) is 12.4 Å². The lowest BCUT2D eigenvalue weighted by Crippen LogP contribution is -2.33. The van der Waals surface area contributed by atoms with Gasteiger partial charge in [0, 0.05) is 32.0 Å². The largest absolute Gasteiger partial charge is 0.357 e. The minimum absolute atomic E-state index is 0.150. The second kappa shape index (κ2) is 4.01. The van der Waals surface area contributed by atoms with E-state index in [4.69, 9.17) is 5.73 Å². The SMILES string of the molecule is CC(N)CN(C)c1cnccn1. The number of aromatic nitrogens is 2. The molecule has 0 saturated carbocycles. The van der Waals surface area contributed by atoms with Gasteiger partial charge in [0.05, 0.1) is 6.20 Å². The van der Waals surface area contributed by atoms with E-state index in [9.17, 15) is 0 Å². The van der Waals surface area contributed by atoms with Gasteiger partial charge >= 0.3 is 0 Å². The Bertz CT molecular complexity index is 222. The van der Waals surface area contributed by atoms with Gasteiger partial charge in [-0.15, -0.1) is 0 Å². The van der Waals surface area contributed by atoms with Crippen LogP contribution in [0.1, 0.15) is 6.92 Å². The quantitative estimate of drug-likeness (QED) is 0.699. The Morgan fingerprint density at radius 3 is 2.83 bits per heavy atom. The van der Waals surface area contributed by atoms with E-state index in [2.05, 4.69) is 9.97 Å². The first kappa shape index (κ1) is 8.93. The molecular formula is C8H14N4. The van der Waals surface area contributed by atoms with E-state index in [1.807, 2.05) is 18.9 Å². The molecule has 0 aromatic carbocycles. The summed E-state index contributed by atoms with van der Waals surface area (Å²) in [6, 6.07) is 0.150. The molecule has 0 fully saturated rings. The zero-order valence-corrected chi connectivity index (χ0v) is 7.44. The molecule has 12 heavy (non-hydrogen) atoms. The molecule has 1 aromatic heterocycles. The van der Waals surface area contributed by atoms with E-state index in [-0.39, 0.29) is 6.04 Å². The highest BCUT2D eigenvalue weighted by Crippen LogP contribution is 2.03. The molecule has 0 radical (unpaired) electrons. The highest BCUT2D eigenvalue weighted by atomic mass is 15.2. The molecule has 4 heteroatoms. The lowest BCUT2D eigenvalue weighted by molar-refractivity contribution is 0.710. The normalized spacial score (nSPS) is 12.6. The van der Waals surface area contributed by atoms with Crippen molar-refractivity contribution in [2.75, 3.05) is 18.5 Å². The molecule has 0 spiro atoms. The fraction of sp³-hybridized carbons (Fsp3) is 0.500. The zero-order valence-electron chi connectivity index (χ0n) is 7.44. The number of likely N-dealkylation sites (N-methyl/N-ethyl adjacent to an activating group) is 1. The highest BCUT2D eigenvalue weighted by Gasteiger charge is 2.03. The number of anilines is 1. The molecule has 0 saturated heterocycles. The summed E-state index contributed by atoms with van der Waals surface area (Å²) in [7, 11) is 1.95. The Balaban J connectivity index is 2.59. The summed E-state index contributed by atoms with van der Waals surface area (Å²) in [6.07, 6.45) is 5.05. The van der Waals surface area contributed by atoms with Crippen LogP contribution in [-0.2, 0) is 0 Å². The van der Waals surface area contributed by atoms with Crippen LogP contribution in [0.4, 0.5) is 5.82 Å². The molecule has 1 aromatic rings. The summed E-state index contributed by atoms with van der Waals surface area (Å²) in [5, 5.41) is 0. The lowest BCUT2D eigenvalue weighted by Gasteiger charge is -2.19. The summed E-state index contributed by atoms with van der Waals surface area (Å²) in [4.78, 5) is 10.1. The molecule has 0 aliphatic carbocycles. The number of hydrogen-bond donors (Lipinski definition) is 1. The van der Waals surface area contributed by atoms with Crippen molar-refractivity contribution in [3.63, 3.8) is 0 Å². The van der Waals surface area contributed by atoms with Gasteiger partial charge in [0.25, 0.3) is 0 Å². The minimum atomic E-state index is 0.150. The Labute approximate surface area is 72.4 Å². The Hall–Kier alpha value is -1.16. The van der Waals surface area contributed by atoms with E-state index in [0.29, 0.717) is 0 Å². The second-order valence-corrected chi connectivity index (χ2v) is 2.92. The summed E-state index contributed by atoms with van der Waals surface area (Å²) < 4.78 is 0. The van der Waals surface area contributed by atoms with E-state index < -0.39 is 0 Å². The number of nitrogens with two attached hydrogens (primary N) is 1. The Kier molecular flexibility index (Phi) is 2.99. The Morgan fingerprint density at radius 2 is 2.33 bits per heavy atom. The number of hydrogen-bond acceptors (Lipinski definition) is 4. The van der Waals surface area contributed by atoms with E-state index >= 15 is 0 Å². The van der Waals surface area contributed by atoms with Crippen LogP contribution in [0.25, 0.3) is 0 Å². The van der Waals surface area contributed by atoms with Gasteiger partial charge < -0.3 is 10.6 Å². The molecule has 66 valence electrons. The van der Waals surface area contributed by atoms with Crippen molar-refractivity contribution in [3.8, 4) is 0 Å². The summed E-state index contributed by atoms with van der Waals surface area (Å²) in [6.45, 7) is 2.76. The molecule has 2 N–H and O–H groups in total. The van der Waals surface area contributed by atoms with Crippen LogP contribution in [0.15, 0.2) is 18.6 Å². The van der Waals surface area contributed by atoms with Crippen LogP contribution in [-0.4, -0.2) is 29.6 Å². The highest BCUT2D eigenvalue weighted by molar-refractivity contribution is 5.33. The van der Waals surface area contributed by atoms with E-state index in [1.54, 1.807) is 18.6 Å². The van der Waals surface area contributed by atoms with Crippen LogP contribution in [0, 0.1) is 0 Å². The predicted octanol–water partition coefficient (Wildman–Crippen LogP) is 0.260. The molecule has 1 atom stereocenters. The zero-order chi connectivity index (χ0) is 8.97. The van der Waals surface area contributed by atoms with Gasteiger partial charge in [-0.25, -0.2) is 4.98 Å². The van der Waals surface area contributed by atoms with Crippen molar-refractivity contribution < 1.29 is 0 Å². The minimum Gasteiger partial charge on any atom is -0.357 e. The Morgan fingerprint density at radius 1 is 1.58 bits per heavy atom. The first-order chi connectivity index (χ1) is 5.70. The fourth-order valence-corrected chi connectivity index (χ4v) is 1.01. The summed E-state index contributed by atoms with van der Waals surface area (Å²) >= 11 is 0. The molecule has 1 rings (SSSR count). The van der Waals surface area contributed by atoms with Gasteiger partial charge in [-0.05, 0) is 6.92 Å². The molecule has 0 bridgehead atoms. The third-order valence-corrected chi connectivity index (χ3v) is 1.50. The molecule has 1 heterocycles. The average molecular weight is 166 g/mol. The molecule has 0 aliphatic heterocycles. The monoisotopic (exact) mass is 166 g/mol. The topological polar surface area (TPSA) is 55.0 Å². The van der Waals surface area contributed by atoms with Crippen molar-refractivity contribution in [1.82, 2.24) is 9.97 Å². The standard InChI is InChI=1S/C8H14N4/c1-7(9)6-12(2)8-5-10-3-4-11-8/h3-5,7H,6,9H2,1-2H3. The maximum Gasteiger partial charge on any atom is 0.146 e. The first-order valence-corrected chi connectivity index (χ1v) is 3.93. The van der Waals surface area contributed by atoms with E-state index in [1.165, 1.54) is 0 Å². The maximum atomic E-state index is 5.64. The van der Waals surface area contributed by atoms with Crippen molar-refractivity contribution >= 4 is 5.82 Å². The third kappa shape index (κ3) is 2.47.